The zero-order chi connectivity index (χ0) is 20.8. The molecule has 1 fully saturated rings. The number of rotatable bonds is 7. The van der Waals surface area contributed by atoms with Crippen molar-refractivity contribution in [3.63, 3.8) is 0 Å². The van der Waals surface area contributed by atoms with Gasteiger partial charge in [0.25, 0.3) is 5.91 Å². The Balaban J connectivity index is 1.34. The highest BCUT2D eigenvalue weighted by molar-refractivity contribution is 7.98. The molecule has 30 heavy (non-hydrogen) atoms. The number of amides is 1. The van der Waals surface area contributed by atoms with Gasteiger partial charge in [0.2, 0.25) is 0 Å². The third-order valence-corrected chi connectivity index (χ3v) is 6.56. The molecule has 4 rings (SSSR count). The summed E-state index contributed by atoms with van der Waals surface area (Å²) >= 11 is 3.21. The first-order valence-corrected chi connectivity index (χ1v) is 11.8. The summed E-state index contributed by atoms with van der Waals surface area (Å²) in [4.78, 5) is 24.8. The van der Waals surface area contributed by atoms with Crippen LogP contribution in [0.25, 0.3) is 0 Å². The van der Waals surface area contributed by atoms with Gasteiger partial charge in [0, 0.05) is 41.9 Å². The summed E-state index contributed by atoms with van der Waals surface area (Å²) < 4.78 is 5.59. The summed E-state index contributed by atoms with van der Waals surface area (Å²) in [6.07, 6.45) is 2.05. The Morgan fingerprint density at radius 3 is 2.97 bits per heavy atom. The zero-order valence-electron chi connectivity index (χ0n) is 16.8. The van der Waals surface area contributed by atoms with E-state index in [-0.39, 0.29) is 12.0 Å². The number of nitrogens with one attached hydrogen (secondary N) is 1. The molecule has 1 atom stereocenters. The number of anilines is 1. The van der Waals surface area contributed by atoms with Crippen molar-refractivity contribution in [2.24, 2.45) is 0 Å². The van der Waals surface area contributed by atoms with E-state index in [0.717, 1.165) is 47.4 Å². The second kappa shape index (κ2) is 10.1. The van der Waals surface area contributed by atoms with E-state index in [1.807, 2.05) is 53.5 Å². The van der Waals surface area contributed by atoms with Gasteiger partial charge in [0.15, 0.2) is 0 Å². The molecule has 2 aromatic heterocycles. The lowest BCUT2D eigenvalue weighted by molar-refractivity contribution is 0.0529. The topological polar surface area (TPSA) is 67.4 Å². The molecule has 8 heteroatoms. The van der Waals surface area contributed by atoms with Gasteiger partial charge < -0.3 is 15.0 Å². The lowest BCUT2D eigenvalue weighted by Crippen LogP contribution is -2.41. The quantitative estimate of drug-likeness (QED) is 0.561. The number of benzene rings is 1. The number of carbonyl (C=O) groups is 1. The number of morpholine rings is 1. The number of pyridine rings is 1. The molecule has 0 radical (unpaired) electrons. The standard InChI is InChI=1S/C22H24N4O2S2/c1-16-12-26(8-9-28-16)21-7-6-17(10-23-21)11-24-22(27)19-4-2-3-5-20(19)30-14-18-13-29-15-25-18/h2-7,10,13,15-16H,8-9,11-12,14H2,1H3,(H,24,27). The van der Waals surface area contributed by atoms with Crippen LogP contribution < -0.4 is 10.2 Å². The van der Waals surface area contributed by atoms with Crippen LogP contribution >= 0.6 is 23.1 Å². The first-order valence-electron chi connectivity index (χ1n) is 9.87. The Morgan fingerprint density at radius 2 is 2.20 bits per heavy atom. The molecule has 1 aliphatic rings. The van der Waals surface area contributed by atoms with Crippen molar-refractivity contribution in [1.29, 1.82) is 0 Å². The Hall–Kier alpha value is -2.42. The third-order valence-electron chi connectivity index (χ3n) is 4.82. The Morgan fingerprint density at radius 1 is 1.30 bits per heavy atom. The highest BCUT2D eigenvalue weighted by Crippen LogP contribution is 2.26. The van der Waals surface area contributed by atoms with Crippen LogP contribution in [0.1, 0.15) is 28.5 Å². The number of thiazole rings is 1. The summed E-state index contributed by atoms with van der Waals surface area (Å²) in [6, 6.07) is 11.7. The average Bonchev–Trinajstić information content (AvgIpc) is 3.30. The Kier molecular flexibility index (Phi) is 6.99. The van der Waals surface area contributed by atoms with Crippen molar-refractivity contribution in [2.75, 3.05) is 24.6 Å². The van der Waals surface area contributed by atoms with Gasteiger partial charge in [-0.15, -0.1) is 23.1 Å². The fourth-order valence-electron chi connectivity index (χ4n) is 3.25. The van der Waals surface area contributed by atoms with Crippen LogP contribution in [0.4, 0.5) is 5.82 Å². The SMILES string of the molecule is CC1CN(c2ccc(CNC(=O)c3ccccc3SCc3cscn3)cn2)CCO1. The predicted molar refractivity (Wildman–Crippen MR) is 121 cm³/mol. The van der Waals surface area contributed by atoms with Gasteiger partial charge in [-0.25, -0.2) is 9.97 Å². The third kappa shape index (κ3) is 5.38. The minimum Gasteiger partial charge on any atom is -0.375 e. The molecule has 0 saturated carbocycles. The largest absolute Gasteiger partial charge is 0.375 e. The molecule has 1 N–H and O–H groups in total. The van der Waals surface area contributed by atoms with E-state index in [2.05, 4.69) is 27.1 Å². The summed E-state index contributed by atoms with van der Waals surface area (Å²) in [5, 5.41) is 5.05. The molecule has 1 aliphatic heterocycles. The Bertz CT molecular complexity index is 964. The van der Waals surface area contributed by atoms with E-state index in [9.17, 15) is 4.79 Å². The molecule has 1 saturated heterocycles. The maximum atomic E-state index is 12.8. The molecule has 3 heterocycles. The smallest absolute Gasteiger partial charge is 0.252 e. The number of aromatic nitrogens is 2. The van der Waals surface area contributed by atoms with Crippen LogP contribution in [0, 0.1) is 0 Å². The van der Waals surface area contributed by atoms with Crippen LogP contribution in [0.3, 0.4) is 0 Å². The van der Waals surface area contributed by atoms with Crippen molar-refractivity contribution in [2.45, 2.75) is 30.2 Å². The summed E-state index contributed by atoms with van der Waals surface area (Å²) in [5.74, 6) is 1.62. The predicted octanol–water partition coefficient (Wildman–Crippen LogP) is 3.99. The average molecular weight is 441 g/mol. The van der Waals surface area contributed by atoms with E-state index in [1.165, 1.54) is 0 Å². The molecule has 6 nitrogen and oxygen atoms in total. The van der Waals surface area contributed by atoms with Crippen molar-refractivity contribution in [3.8, 4) is 0 Å². The van der Waals surface area contributed by atoms with Gasteiger partial charge in [-0.05, 0) is 30.7 Å². The van der Waals surface area contributed by atoms with Gasteiger partial charge in [-0.3, -0.25) is 4.79 Å². The first-order chi connectivity index (χ1) is 14.7. The second-order valence-electron chi connectivity index (χ2n) is 7.10. The number of nitrogens with zero attached hydrogens (tertiary/aromatic N) is 3. The highest BCUT2D eigenvalue weighted by atomic mass is 32.2. The number of ether oxygens (including phenoxy) is 1. The number of hydrogen-bond acceptors (Lipinski definition) is 7. The lowest BCUT2D eigenvalue weighted by Gasteiger charge is -2.32. The number of thioether (sulfide) groups is 1. The maximum Gasteiger partial charge on any atom is 0.252 e. The minimum atomic E-state index is -0.0811. The van der Waals surface area contributed by atoms with Crippen LogP contribution in [-0.4, -0.2) is 41.7 Å². The number of carbonyl (C=O) groups excluding carboxylic acids is 1. The Labute approximate surface area is 184 Å². The molecular formula is C22H24N4O2S2. The van der Waals surface area contributed by atoms with Crippen LogP contribution in [0.5, 0.6) is 0 Å². The molecular weight excluding hydrogens is 416 g/mol. The lowest BCUT2D eigenvalue weighted by atomic mass is 10.2. The molecule has 1 aromatic carbocycles. The molecule has 1 unspecified atom stereocenters. The van der Waals surface area contributed by atoms with Crippen LogP contribution in [0.15, 0.2) is 58.4 Å². The van der Waals surface area contributed by atoms with Crippen LogP contribution in [-0.2, 0) is 17.0 Å². The van der Waals surface area contributed by atoms with Crippen molar-refractivity contribution in [1.82, 2.24) is 15.3 Å². The molecule has 0 bridgehead atoms. The van der Waals surface area contributed by atoms with Crippen molar-refractivity contribution >= 4 is 34.8 Å². The van der Waals surface area contributed by atoms with E-state index in [0.29, 0.717) is 12.1 Å². The molecule has 0 aliphatic carbocycles. The maximum absolute atomic E-state index is 12.8. The van der Waals surface area contributed by atoms with E-state index < -0.39 is 0 Å². The monoisotopic (exact) mass is 440 g/mol. The summed E-state index contributed by atoms with van der Waals surface area (Å²) in [7, 11) is 0. The molecule has 1 amide bonds. The van der Waals surface area contributed by atoms with Gasteiger partial charge in [0.05, 0.1) is 29.5 Å². The second-order valence-corrected chi connectivity index (χ2v) is 8.84. The summed E-state index contributed by atoms with van der Waals surface area (Å²) in [5.41, 5.74) is 4.51. The van der Waals surface area contributed by atoms with E-state index in [4.69, 9.17) is 4.74 Å². The zero-order valence-corrected chi connectivity index (χ0v) is 18.4. The normalized spacial score (nSPS) is 16.4. The molecule has 0 spiro atoms. The minimum absolute atomic E-state index is 0.0811. The van der Waals surface area contributed by atoms with Crippen LogP contribution in [0.2, 0.25) is 0 Å². The highest BCUT2D eigenvalue weighted by Gasteiger charge is 2.18. The van der Waals surface area contributed by atoms with E-state index >= 15 is 0 Å². The van der Waals surface area contributed by atoms with E-state index in [1.54, 1.807) is 23.1 Å². The fraction of sp³-hybridized carbons (Fsp3) is 0.318. The van der Waals surface area contributed by atoms with Gasteiger partial charge in [0.1, 0.15) is 5.82 Å². The van der Waals surface area contributed by atoms with Gasteiger partial charge >= 0.3 is 0 Å². The fourth-order valence-corrected chi connectivity index (χ4v) is 4.87. The summed E-state index contributed by atoms with van der Waals surface area (Å²) in [6.45, 7) is 4.93. The molecule has 156 valence electrons. The van der Waals surface area contributed by atoms with Gasteiger partial charge in [-0.2, -0.15) is 0 Å². The first kappa shape index (κ1) is 20.8. The number of hydrogen-bond donors (Lipinski definition) is 1. The van der Waals surface area contributed by atoms with Crippen molar-refractivity contribution < 1.29 is 9.53 Å². The van der Waals surface area contributed by atoms with Crippen molar-refractivity contribution in [3.05, 3.63) is 70.3 Å². The molecule has 3 aromatic rings. The van der Waals surface area contributed by atoms with Gasteiger partial charge in [-0.1, -0.05) is 18.2 Å².